The number of amides is 2. The largest absolute Gasteiger partial charge is 0.325 e. The van der Waals surface area contributed by atoms with Crippen molar-refractivity contribution in [3.63, 3.8) is 0 Å². The van der Waals surface area contributed by atoms with Crippen molar-refractivity contribution in [3.05, 3.63) is 41.4 Å². The summed E-state index contributed by atoms with van der Waals surface area (Å²) in [6.07, 6.45) is 0. The number of aromatic nitrogens is 1. The van der Waals surface area contributed by atoms with Crippen LogP contribution in [0, 0.1) is 0 Å². The van der Waals surface area contributed by atoms with Crippen LogP contribution >= 0.6 is 11.3 Å². The zero-order valence-corrected chi connectivity index (χ0v) is 11.6. The summed E-state index contributed by atoms with van der Waals surface area (Å²) in [4.78, 5) is 16.1. The van der Waals surface area contributed by atoms with Gasteiger partial charge in [-0.15, -0.1) is 11.3 Å². The van der Waals surface area contributed by atoms with Crippen LogP contribution < -0.4 is 16.0 Å². The Morgan fingerprint density at radius 1 is 1.26 bits per heavy atom. The van der Waals surface area contributed by atoms with E-state index in [-0.39, 0.29) is 12.1 Å². The summed E-state index contributed by atoms with van der Waals surface area (Å²) < 4.78 is 0. The lowest BCUT2D eigenvalue weighted by atomic mass is 10.3. The zero-order valence-electron chi connectivity index (χ0n) is 10.8. The predicted molar refractivity (Wildman–Crippen MR) is 78.7 cm³/mol. The average Bonchev–Trinajstić information content (AvgIpc) is 2.87. The molecule has 1 aromatic carbocycles. The second-order valence-corrected chi connectivity index (χ2v) is 4.89. The Hall–Kier alpha value is -1.92. The molecule has 2 aromatic rings. The lowest BCUT2D eigenvalue weighted by Gasteiger charge is -2.06. The molecule has 0 radical (unpaired) electrons. The van der Waals surface area contributed by atoms with Gasteiger partial charge in [0.1, 0.15) is 0 Å². The quantitative estimate of drug-likeness (QED) is 0.804. The van der Waals surface area contributed by atoms with E-state index in [1.54, 1.807) is 0 Å². The molecule has 3 N–H and O–H groups in total. The number of hydrogen-bond acceptors (Lipinski definition) is 4. The molecule has 0 spiro atoms. The van der Waals surface area contributed by atoms with Gasteiger partial charge in [0.05, 0.1) is 5.69 Å². The third kappa shape index (κ3) is 3.77. The maximum absolute atomic E-state index is 11.8. The number of para-hydroxylation sites is 1. The molecular weight excluding hydrogens is 260 g/mol. The summed E-state index contributed by atoms with van der Waals surface area (Å²) in [6.45, 7) is 2.02. The Bertz CT molecular complexity index is 541. The Balaban J connectivity index is 1.94. The van der Waals surface area contributed by atoms with Gasteiger partial charge in [-0.2, -0.15) is 0 Å². The summed E-state index contributed by atoms with van der Waals surface area (Å²) in [5, 5.41) is 11.1. The molecule has 0 saturated carbocycles. The van der Waals surface area contributed by atoms with Gasteiger partial charge in [-0.1, -0.05) is 18.2 Å². The number of carbonyl (C=O) groups excluding carboxylic acids is 1. The van der Waals surface area contributed by atoms with Gasteiger partial charge in [-0.25, -0.2) is 9.78 Å². The van der Waals surface area contributed by atoms with E-state index in [1.165, 1.54) is 11.3 Å². The van der Waals surface area contributed by atoms with Crippen molar-refractivity contribution in [2.75, 3.05) is 17.7 Å². The van der Waals surface area contributed by atoms with Crippen LogP contribution in [0.15, 0.2) is 35.7 Å². The lowest BCUT2D eigenvalue weighted by molar-refractivity contribution is 0.262. The topological polar surface area (TPSA) is 66.0 Å². The van der Waals surface area contributed by atoms with E-state index in [0.29, 0.717) is 5.13 Å². The Kier molecular flexibility index (Phi) is 4.48. The number of urea groups is 1. The van der Waals surface area contributed by atoms with Gasteiger partial charge in [0.2, 0.25) is 0 Å². The highest BCUT2D eigenvalue weighted by Crippen LogP contribution is 2.20. The van der Waals surface area contributed by atoms with Gasteiger partial charge < -0.3 is 10.6 Å². The fraction of sp³-hybridized carbons (Fsp3) is 0.231. The van der Waals surface area contributed by atoms with Crippen LogP contribution in [0.2, 0.25) is 0 Å². The number of rotatable bonds is 4. The van der Waals surface area contributed by atoms with E-state index in [2.05, 4.69) is 20.9 Å². The van der Waals surface area contributed by atoms with Crippen LogP contribution in [0.3, 0.4) is 0 Å². The maximum atomic E-state index is 11.8. The number of thiazole rings is 1. The molecule has 1 atom stereocenters. The van der Waals surface area contributed by atoms with Crippen LogP contribution in [0.4, 0.5) is 15.6 Å². The predicted octanol–water partition coefficient (Wildman–Crippen LogP) is 3.07. The molecule has 0 aliphatic rings. The number of nitrogens with one attached hydrogen (secondary N) is 3. The van der Waals surface area contributed by atoms with Crippen molar-refractivity contribution in [1.29, 1.82) is 0 Å². The van der Waals surface area contributed by atoms with E-state index in [1.807, 2.05) is 49.7 Å². The van der Waals surface area contributed by atoms with Gasteiger partial charge in [-0.05, 0) is 26.1 Å². The molecule has 2 rings (SSSR count). The monoisotopic (exact) mass is 276 g/mol. The van der Waals surface area contributed by atoms with Crippen LogP contribution in [0.1, 0.15) is 18.7 Å². The number of nitrogens with zero attached hydrogens (tertiary/aromatic N) is 1. The third-order valence-electron chi connectivity index (χ3n) is 2.65. The highest BCUT2D eigenvalue weighted by atomic mass is 32.1. The fourth-order valence-electron chi connectivity index (χ4n) is 1.47. The van der Waals surface area contributed by atoms with Gasteiger partial charge in [0, 0.05) is 17.1 Å². The normalized spacial score (nSPS) is 11.9. The minimum Gasteiger partial charge on any atom is -0.312 e. The van der Waals surface area contributed by atoms with Gasteiger partial charge >= 0.3 is 6.03 Å². The molecule has 0 fully saturated rings. The second-order valence-electron chi connectivity index (χ2n) is 4.03. The Labute approximate surface area is 116 Å². The molecule has 1 aromatic heterocycles. The van der Waals surface area contributed by atoms with Crippen molar-refractivity contribution >= 4 is 28.2 Å². The van der Waals surface area contributed by atoms with E-state index >= 15 is 0 Å². The fourth-order valence-corrected chi connectivity index (χ4v) is 2.27. The molecule has 0 saturated heterocycles. The number of anilines is 2. The zero-order chi connectivity index (χ0) is 13.7. The van der Waals surface area contributed by atoms with Crippen LogP contribution in [-0.4, -0.2) is 18.1 Å². The van der Waals surface area contributed by atoms with E-state index in [9.17, 15) is 4.79 Å². The van der Waals surface area contributed by atoms with Gasteiger partial charge in [-0.3, -0.25) is 5.32 Å². The molecular formula is C13H16N4OS. The van der Waals surface area contributed by atoms with Gasteiger partial charge in [0.25, 0.3) is 0 Å². The van der Waals surface area contributed by atoms with E-state index in [0.717, 1.165) is 11.4 Å². The van der Waals surface area contributed by atoms with Crippen LogP contribution in [0.25, 0.3) is 0 Å². The molecule has 100 valence electrons. The number of benzene rings is 1. The molecule has 0 aliphatic carbocycles. The van der Waals surface area contributed by atoms with E-state index in [4.69, 9.17) is 0 Å². The molecule has 19 heavy (non-hydrogen) atoms. The lowest BCUT2D eigenvalue weighted by Crippen LogP contribution is -2.19. The molecule has 6 heteroatoms. The summed E-state index contributed by atoms with van der Waals surface area (Å²) in [5.41, 5.74) is 1.67. The van der Waals surface area contributed by atoms with Crippen molar-refractivity contribution < 1.29 is 4.79 Å². The van der Waals surface area contributed by atoms with Crippen LogP contribution in [-0.2, 0) is 0 Å². The summed E-state index contributed by atoms with van der Waals surface area (Å²) in [5.74, 6) is 0. The smallest absolute Gasteiger partial charge is 0.312 e. The molecule has 2 amide bonds. The summed E-state index contributed by atoms with van der Waals surface area (Å²) >= 11 is 1.41. The first-order valence-corrected chi connectivity index (χ1v) is 6.82. The van der Waals surface area contributed by atoms with E-state index < -0.39 is 0 Å². The summed E-state index contributed by atoms with van der Waals surface area (Å²) in [7, 11) is 1.87. The first kappa shape index (κ1) is 13.5. The Morgan fingerprint density at radius 3 is 2.68 bits per heavy atom. The first-order valence-electron chi connectivity index (χ1n) is 5.95. The highest BCUT2D eigenvalue weighted by Gasteiger charge is 2.10. The highest BCUT2D eigenvalue weighted by molar-refractivity contribution is 7.13. The molecule has 5 nitrogen and oxygen atoms in total. The molecule has 0 bridgehead atoms. The molecule has 1 unspecified atom stereocenters. The molecule has 1 heterocycles. The molecule has 0 aliphatic heterocycles. The second kappa shape index (κ2) is 6.31. The standard InChI is InChI=1S/C13H16N4OS/c1-9(14-2)11-8-19-13(16-11)17-12(18)15-10-6-4-3-5-7-10/h3-9,14H,1-2H3,(H2,15,16,17,18). The minimum absolute atomic E-state index is 0.170. The van der Waals surface area contributed by atoms with Crippen molar-refractivity contribution in [1.82, 2.24) is 10.3 Å². The summed E-state index contributed by atoms with van der Waals surface area (Å²) in [6, 6.07) is 9.17. The third-order valence-corrected chi connectivity index (χ3v) is 3.43. The van der Waals surface area contributed by atoms with Crippen molar-refractivity contribution in [2.24, 2.45) is 0 Å². The minimum atomic E-state index is -0.288. The Morgan fingerprint density at radius 2 is 2.00 bits per heavy atom. The SMILES string of the molecule is CNC(C)c1csc(NC(=O)Nc2ccccc2)n1. The van der Waals surface area contributed by atoms with Gasteiger partial charge in [0.15, 0.2) is 5.13 Å². The van der Waals surface area contributed by atoms with Crippen molar-refractivity contribution in [2.45, 2.75) is 13.0 Å². The first-order chi connectivity index (χ1) is 9.19. The number of hydrogen-bond donors (Lipinski definition) is 3. The van der Waals surface area contributed by atoms with Crippen LogP contribution in [0.5, 0.6) is 0 Å². The number of carbonyl (C=O) groups is 1. The maximum Gasteiger partial charge on any atom is 0.325 e. The van der Waals surface area contributed by atoms with Crippen molar-refractivity contribution in [3.8, 4) is 0 Å². The average molecular weight is 276 g/mol.